The standard InChI is InChI=1S/C15H22O5/c1-8-4-5-10-9(2)13(17)19-12(10)14(3,18)15(8)7-6-11(16)20-15/h8-10,12,18H,4-7H2,1-3H3/t8-,9-,10-,12+,14-,15+/m0/s1. The second kappa shape index (κ2) is 4.20. The maximum Gasteiger partial charge on any atom is 0.309 e. The zero-order valence-electron chi connectivity index (χ0n) is 12.2. The summed E-state index contributed by atoms with van der Waals surface area (Å²) in [4.78, 5) is 23.5. The molecule has 2 saturated heterocycles. The first kappa shape index (κ1) is 13.9. The molecule has 0 unspecified atom stereocenters. The summed E-state index contributed by atoms with van der Waals surface area (Å²) in [6.07, 6.45) is 1.87. The van der Waals surface area contributed by atoms with Crippen molar-refractivity contribution in [2.75, 3.05) is 0 Å². The molecule has 0 aromatic carbocycles. The van der Waals surface area contributed by atoms with E-state index in [0.29, 0.717) is 12.8 Å². The van der Waals surface area contributed by atoms with Gasteiger partial charge in [0.2, 0.25) is 0 Å². The van der Waals surface area contributed by atoms with Gasteiger partial charge in [0.1, 0.15) is 17.3 Å². The molecular weight excluding hydrogens is 260 g/mol. The number of hydrogen-bond donors (Lipinski definition) is 1. The molecule has 112 valence electrons. The summed E-state index contributed by atoms with van der Waals surface area (Å²) in [5, 5.41) is 11.1. The predicted molar refractivity (Wildman–Crippen MR) is 69.6 cm³/mol. The summed E-state index contributed by atoms with van der Waals surface area (Å²) in [5.41, 5.74) is -2.26. The van der Waals surface area contributed by atoms with Crippen LogP contribution in [0.15, 0.2) is 0 Å². The van der Waals surface area contributed by atoms with Gasteiger partial charge in [0.15, 0.2) is 0 Å². The van der Waals surface area contributed by atoms with Crippen LogP contribution in [0.1, 0.15) is 46.5 Å². The van der Waals surface area contributed by atoms with Crippen molar-refractivity contribution in [3.8, 4) is 0 Å². The molecule has 3 aliphatic rings. The highest BCUT2D eigenvalue weighted by atomic mass is 16.6. The lowest BCUT2D eigenvalue weighted by molar-refractivity contribution is -0.219. The van der Waals surface area contributed by atoms with E-state index in [4.69, 9.17) is 9.47 Å². The highest BCUT2D eigenvalue weighted by molar-refractivity contribution is 5.76. The van der Waals surface area contributed by atoms with Crippen LogP contribution in [0.25, 0.3) is 0 Å². The van der Waals surface area contributed by atoms with E-state index in [1.165, 1.54) is 0 Å². The third-order valence-corrected chi connectivity index (χ3v) is 5.78. The fourth-order valence-corrected chi connectivity index (χ4v) is 4.40. The number of carbonyl (C=O) groups excluding carboxylic acids is 2. The zero-order valence-corrected chi connectivity index (χ0v) is 12.2. The summed E-state index contributed by atoms with van der Waals surface area (Å²) in [6.45, 7) is 5.53. The molecule has 5 nitrogen and oxygen atoms in total. The van der Waals surface area contributed by atoms with Crippen LogP contribution in [0.2, 0.25) is 0 Å². The van der Waals surface area contributed by atoms with E-state index in [-0.39, 0.29) is 29.7 Å². The minimum Gasteiger partial charge on any atom is -0.459 e. The molecule has 3 rings (SSSR count). The lowest BCUT2D eigenvalue weighted by Crippen LogP contribution is -2.62. The Kier molecular flexibility index (Phi) is 2.91. The van der Waals surface area contributed by atoms with Crippen molar-refractivity contribution in [1.29, 1.82) is 0 Å². The molecular formula is C15H22O5. The molecule has 0 amide bonds. The molecule has 6 atom stereocenters. The van der Waals surface area contributed by atoms with Crippen molar-refractivity contribution >= 4 is 11.9 Å². The van der Waals surface area contributed by atoms with E-state index >= 15 is 0 Å². The van der Waals surface area contributed by atoms with Crippen LogP contribution in [-0.2, 0) is 19.1 Å². The highest BCUT2D eigenvalue weighted by Gasteiger charge is 2.66. The third-order valence-electron chi connectivity index (χ3n) is 5.78. The molecule has 1 spiro atoms. The predicted octanol–water partition coefficient (Wildman–Crippen LogP) is 1.42. The Hall–Kier alpha value is -1.10. The molecule has 1 saturated carbocycles. The van der Waals surface area contributed by atoms with E-state index in [9.17, 15) is 14.7 Å². The average Bonchev–Trinajstić information content (AvgIpc) is 2.89. The lowest BCUT2D eigenvalue weighted by atomic mass is 9.70. The fraction of sp³-hybridized carbons (Fsp3) is 0.867. The van der Waals surface area contributed by atoms with Gasteiger partial charge in [-0.3, -0.25) is 9.59 Å². The van der Waals surface area contributed by atoms with E-state index in [2.05, 4.69) is 0 Å². The van der Waals surface area contributed by atoms with Crippen LogP contribution in [-0.4, -0.2) is 34.4 Å². The SMILES string of the molecule is C[C@@H]1C(=O)O[C@@H]2[C@H]1CC[C@H](C)[C@]1(CCC(=O)O1)[C@@]2(C)O. The number of aliphatic hydroxyl groups is 1. The lowest BCUT2D eigenvalue weighted by Gasteiger charge is -2.46. The third kappa shape index (κ3) is 1.59. The largest absolute Gasteiger partial charge is 0.459 e. The van der Waals surface area contributed by atoms with Gasteiger partial charge in [-0.25, -0.2) is 0 Å². The molecule has 2 heterocycles. The van der Waals surface area contributed by atoms with Crippen LogP contribution in [0.4, 0.5) is 0 Å². The maximum absolute atomic E-state index is 11.8. The smallest absolute Gasteiger partial charge is 0.309 e. The molecule has 5 heteroatoms. The normalized spacial score (nSPS) is 51.6. The summed E-state index contributed by atoms with van der Waals surface area (Å²) in [6, 6.07) is 0. The topological polar surface area (TPSA) is 72.8 Å². The number of esters is 2. The van der Waals surface area contributed by atoms with Crippen LogP contribution < -0.4 is 0 Å². The Morgan fingerprint density at radius 3 is 2.55 bits per heavy atom. The molecule has 0 bridgehead atoms. The van der Waals surface area contributed by atoms with E-state index in [1.54, 1.807) is 6.92 Å². The Morgan fingerprint density at radius 1 is 1.25 bits per heavy atom. The van der Waals surface area contributed by atoms with Gasteiger partial charge in [0.25, 0.3) is 0 Å². The molecule has 1 aliphatic carbocycles. The molecule has 1 N–H and O–H groups in total. The number of fused-ring (bicyclic) bond motifs is 1. The van der Waals surface area contributed by atoms with Gasteiger partial charge >= 0.3 is 11.9 Å². The van der Waals surface area contributed by atoms with Gasteiger partial charge in [-0.1, -0.05) is 13.8 Å². The first-order valence-corrected chi connectivity index (χ1v) is 7.44. The number of hydrogen-bond acceptors (Lipinski definition) is 5. The van der Waals surface area contributed by atoms with Crippen LogP contribution in [0, 0.1) is 17.8 Å². The van der Waals surface area contributed by atoms with Crippen molar-refractivity contribution in [3.63, 3.8) is 0 Å². The highest BCUT2D eigenvalue weighted by Crippen LogP contribution is 2.53. The molecule has 3 fully saturated rings. The minimum absolute atomic E-state index is 0.00127. The van der Waals surface area contributed by atoms with Crippen molar-refractivity contribution in [2.45, 2.75) is 63.8 Å². The first-order chi connectivity index (χ1) is 9.29. The Labute approximate surface area is 118 Å². The van der Waals surface area contributed by atoms with E-state index in [1.807, 2.05) is 13.8 Å². The van der Waals surface area contributed by atoms with Crippen LogP contribution in [0.5, 0.6) is 0 Å². The van der Waals surface area contributed by atoms with Gasteiger partial charge in [-0.2, -0.15) is 0 Å². The van der Waals surface area contributed by atoms with Crippen molar-refractivity contribution < 1.29 is 24.2 Å². The van der Waals surface area contributed by atoms with E-state index < -0.39 is 17.3 Å². The summed E-state index contributed by atoms with van der Waals surface area (Å²) < 4.78 is 11.1. The average molecular weight is 282 g/mol. The van der Waals surface area contributed by atoms with Crippen LogP contribution in [0.3, 0.4) is 0 Å². The first-order valence-electron chi connectivity index (χ1n) is 7.44. The van der Waals surface area contributed by atoms with Gasteiger partial charge in [-0.05, 0) is 25.7 Å². The summed E-state index contributed by atoms with van der Waals surface area (Å²) in [5.74, 6) is -0.674. The van der Waals surface area contributed by atoms with E-state index in [0.717, 1.165) is 12.8 Å². The monoisotopic (exact) mass is 282 g/mol. The number of carbonyl (C=O) groups is 2. The van der Waals surface area contributed by atoms with Gasteiger partial charge in [-0.15, -0.1) is 0 Å². The van der Waals surface area contributed by atoms with Crippen molar-refractivity contribution in [1.82, 2.24) is 0 Å². The number of rotatable bonds is 0. The van der Waals surface area contributed by atoms with Crippen LogP contribution >= 0.6 is 0 Å². The Balaban J connectivity index is 2.04. The molecule has 0 aromatic rings. The molecule has 0 aromatic heterocycles. The van der Waals surface area contributed by atoms with Crippen molar-refractivity contribution in [3.05, 3.63) is 0 Å². The quantitative estimate of drug-likeness (QED) is 0.680. The Bertz CT molecular complexity index is 457. The maximum atomic E-state index is 11.8. The second-order valence-corrected chi connectivity index (χ2v) is 6.80. The van der Waals surface area contributed by atoms with Gasteiger partial charge in [0.05, 0.1) is 5.92 Å². The molecule has 2 aliphatic heterocycles. The van der Waals surface area contributed by atoms with Gasteiger partial charge < -0.3 is 14.6 Å². The number of ether oxygens (including phenoxy) is 2. The fourth-order valence-electron chi connectivity index (χ4n) is 4.40. The minimum atomic E-state index is -1.33. The molecule has 20 heavy (non-hydrogen) atoms. The Morgan fingerprint density at radius 2 is 1.95 bits per heavy atom. The second-order valence-electron chi connectivity index (χ2n) is 6.80. The summed E-state index contributed by atoms with van der Waals surface area (Å²) >= 11 is 0. The van der Waals surface area contributed by atoms with Crippen molar-refractivity contribution in [2.24, 2.45) is 17.8 Å². The summed E-state index contributed by atoms with van der Waals surface area (Å²) in [7, 11) is 0. The zero-order chi connectivity index (χ0) is 14.7. The van der Waals surface area contributed by atoms with Gasteiger partial charge in [0, 0.05) is 18.8 Å². The molecule has 0 radical (unpaired) electrons.